The van der Waals surface area contributed by atoms with Crippen molar-refractivity contribution >= 4 is 50.9 Å². The number of ether oxygens (including phenoxy) is 2. The number of hydrogen-bond donors (Lipinski definition) is 1. The van der Waals surface area contributed by atoms with Gasteiger partial charge in [-0.15, -0.1) is 0 Å². The predicted molar refractivity (Wildman–Crippen MR) is 131 cm³/mol. The van der Waals surface area contributed by atoms with Crippen molar-refractivity contribution in [3.05, 3.63) is 66.7 Å². The molecule has 2 aromatic heterocycles. The Kier molecular flexibility index (Phi) is 5.51. The van der Waals surface area contributed by atoms with E-state index in [1.54, 1.807) is 32.4 Å². The Balaban J connectivity index is 1.50. The van der Waals surface area contributed by atoms with Gasteiger partial charge in [0.05, 0.1) is 36.0 Å². The first-order chi connectivity index (χ1) is 16.1. The summed E-state index contributed by atoms with van der Waals surface area (Å²) in [6.45, 7) is 1.86. The van der Waals surface area contributed by atoms with E-state index < -0.39 is 5.25 Å². The number of nitrogens with one attached hydrogen (secondary N) is 1. The zero-order valence-electron chi connectivity index (χ0n) is 18.4. The lowest BCUT2D eigenvalue weighted by Gasteiger charge is -2.15. The Labute approximate surface area is 194 Å². The van der Waals surface area contributed by atoms with E-state index in [-0.39, 0.29) is 5.91 Å². The Hall–Kier alpha value is -3.78. The van der Waals surface area contributed by atoms with Gasteiger partial charge in [0.1, 0.15) is 5.65 Å². The first kappa shape index (κ1) is 21.1. The molecule has 0 spiro atoms. The van der Waals surface area contributed by atoms with Gasteiger partial charge < -0.3 is 14.8 Å². The SMILES string of the molecule is COc1ccc(NC(=O)C(C)Sc2nc3ccccc3c3nc4ccccc4n23)cc1OC. The minimum Gasteiger partial charge on any atom is -0.493 e. The molecule has 5 aromatic rings. The smallest absolute Gasteiger partial charge is 0.237 e. The van der Waals surface area contributed by atoms with Gasteiger partial charge in [-0.1, -0.05) is 36.0 Å². The minimum absolute atomic E-state index is 0.139. The second-order valence-corrected chi connectivity index (χ2v) is 8.80. The highest BCUT2D eigenvalue weighted by molar-refractivity contribution is 8.00. The highest BCUT2D eigenvalue weighted by Gasteiger charge is 2.21. The number of aromatic nitrogens is 3. The molecule has 3 aromatic carbocycles. The number of amides is 1. The number of imidazole rings is 1. The van der Waals surface area contributed by atoms with E-state index in [0.29, 0.717) is 22.3 Å². The Bertz CT molecular complexity index is 1500. The highest BCUT2D eigenvalue weighted by Crippen LogP contribution is 2.32. The highest BCUT2D eigenvalue weighted by atomic mass is 32.2. The number of methoxy groups -OCH3 is 2. The predicted octanol–water partition coefficient (Wildman–Crippen LogP) is 5.17. The van der Waals surface area contributed by atoms with Gasteiger partial charge in [0.15, 0.2) is 16.7 Å². The van der Waals surface area contributed by atoms with Crippen LogP contribution in [0.25, 0.3) is 27.6 Å². The molecule has 0 saturated carbocycles. The van der Waals surface area contributed by atoms with Gasteiger partial charge >= 0.3 is 0 Å². The molecule has 1 amide bonds. The van der Waals surface area contributed by atoms with E-state index in [9.17, 15) is 4.79 Å². The molecule has 0 radical (unpaired) electrons. The number of fused-ring (bicyclic) bond motifs is 5. The molecular weight excluding hydrogens is 436 g/mol. The van der Waals surface area contributed by atoms with Crippen LogP contribution in [-0.4, -0.2) is 39.7 Å². The Morgan fingerprint density at radius 1 is 0.939 bits per heavy atom. The van der Waals surface area contributed by atoms with E-state index in [2.05, 4.69) is 5.32 Å². The maximum absolute atomic E-state index is 13.0. The van der Waals surface area contributed by atoms with Gasteiger partial charge in [0, 0.05) is 17.1 Å². The summed E-state index contributed by atoms with van der Waals surface area (Å²) in [5.41, 5.74) is 4.16. The van der Waals surface area contributed by atoms with Crippen LogP contribution in [0.2, 0.25) is 0 Å². The van der Waals surface area contributed by atoms with Crippen molar-refractivity contribution in [3.63, 3.8) is 0 Å². The molecule has 0 saturated heterocycles. The number of benzene rings is 3. The largest absolute Gasteiger partial charge is 0.493 e. The lowest BCUT2D eigenvalue weighted by Crippen LogP contribution is -2.23. The van der Waals surface area contributed by atoms with Crippen LogP contribution in [0.15, 0.2) is 71.9 Å². The third-order valence-electron chi connectivity index (χ3n) is 5.42. The average molecular weight is 459 g/mol. The number of rotatable bonds is 6. The van der Waals surface area contributed by atoms with E-state index >= 15 is 0 Å². The van der Waals surface area contributed by atoms with Crippen LogP contribution >= 0.6 is 11.8 Å². The molecule has 33 heavy (non-hydrogen) atoms. The topological polar surface area (TPSA) is 77.8 Å². The van der Waals surface area contributed by atoms with E-state index in [1.165, 1.54) is 11.8 Å². The molecule has 0 aliphatic rings. The summed E-state index contributed by atoms with van der Waals surface area (Å²) in [6.07, 6.45) is 0. The molecule has 0 fully saturated rings. The van der Waals surface area contributed by atoms with Crippen molar-refractivity contribution in [1.29, 1.82) is 0 Å². The van der Waals surface area contributed by atoms with Crippen molar-refractivity contribution in [2.75, 3.05) is 19.5 Å². The van der Waals surface area contributed by atoms with Gasteiger partial charge in [-0.3, -0.25) is 9.20 Å². The molecule has 7 nitrogen and oxygen atoms in total. The molecule has 166 valence electrons. The summed E-state index contributed by atoms with van der Waals surface area (Å²) in [5.74, 6) is 1.02. The van der Waals surface area contributed by atoms with Crippen LogP contribution in [0.5, 0.6) is 11.5 Å². The number of hydrogen-bond acceptors (Lipinski definition) is 6. The molecule has 1 unspecified atom stereocenters. The lowest BCUT2D eigenvalue weighted by atomic mass is 10.2. The van der Waals surface area contributed by atoms with Crippen LogP contribution < -0.4 is 14.8 Å². The molecule has 5 rings (SSSR count). The summed E-state index contributed by atoms with van der Waals surface area (Å²) in [4.78, 5) is 22.7. The molecule has 1 atom stereocenters. The fraction of sp³-hybridized carbons (Fsp3) is 0.160. The van der Waals surface area contributed by atoms with Gasteiger partial charge in [-0.2, -0.15) is 0 Å². The standard InChI is InChI=1S/C25H22N4O3S/c1-15(24(30)26-16-12-13-21(31-2)22(14-16)32-3)33-25-28-18-9-5-4-8-17(18)23-27-19-10-6-7-11-20(19)29(23)25/h4-15H,1-3H3,(H,26,30). The van der Waals surface area contributed by atoms with Gasteiger partial charge in [-0.25, -0.2) is 9.97 Å². The number of anilines is 1. The van der Waals surface area contributed by atoms with E-state index in [0.717, 1.165) is 27.6 Å². The molecule has 8 heteroatoms. The van der Waals surface area contributed by atoms with Crippen LogP contribution in [0.1, 0.15) is 6.92 Å². The zero-order chi connectivity index (χ0) is 22.9. The average Bonchev–Trinajstić information content (AvgIpc) is 3.24. The summed E-state index contributed by atoms with van der Waals surface area (Å²) < 4.78 is 12.6. The molecular formula is C25H22N4O3S. The fourth-order valence-corrected chi connectivity index (χ4v) is 4.69. The van der Waals surface area contributed by atoms with Gasteiger partial charge in [0.2, 0.25) is 5.91 Å². The second-order valence-electron chi connectivity index (χ2n) is 7.49. The minimum atomic E-state index is -0.406. The maximum atomic E-state index is 13.0. The van der Waals surface area contributed by atoms with E-state index in [1.807, 2.05) is 59.9 Å². The van der Waals surface area contributed by atoms with E-state index in [4.69, 9.17) is 19.4 Å². The third-order valence-corrected chi connectivity index (χ3v) is 6.47. The summed E-state index contributed by atoms with van der Waals surface area (Å²) in [5, 5.41) is 4.24. The quantitative estimate of drug-likeness (QED) is 0.279. The molecule has 2 heterocycles. The van der Waals surface area contributed by atoms with Crippen LogP contribution in [0, 0.1) is 0 Å². The van der Waals surface area contributed by atoms with Gasteiger partial charge in [0.25, 0.3) is 0 Å². The first-order valence-electron chi connectivity index (χ1n) is 10.4. The second kappa shape index (κ2) is 8.63. The van der Waals surface area contributed by atoms with Crippen molar-refractivity contribution in [1.82, 2.24) is 14.4 Å². The first-order valence-corrected chi connectivity index (χ1v) is 11.3. The Morgan fingerprint density at radius 3 is 2.45 bits per heavy atom. The number of thioether (sulfide) groups is 1. The zero-order valence-corrected chi connectivity index (χ0v) is 19.2. The number of nitrogens with zero attached hydrogens (tertiary/aromatic N) is 3. The molecule has 0 aliphatic carbocycles. The molecule has 0 aliphatic heterocycles. The lowest BCUT2D eigenvalue weighted by molar-refractivity contribution is -0.115. The fourth-order valence-electron chi connectivity index (χ4n) is 3.76. The third kappa shape index (κ3) is 3.82. The summed E-state index contributed by atoms with van der Waals surface area (Å²) >= 11 is 1.40. The summed E-state index contributed by atoms with van der Waals surface area (Å²) in [7, 11) is 3.14. The van der Waals surface area contributed by atoms with Crippen molar-refractivity contribution in [2.45, 2.75) is 17.3 Å². The monoisotopic (exact) mass is 458 g/mol. The maximum Gasteiger partial charge on any atom is 0.237 e. The molecule has 0 bridgehead atoms. The summed E-state index contributed by atoms with van der Waals surface area (Å²) in [6, 6.07) is 21.2. The number of para-hydroxylation sites is 3. The normalized spacial score (nSPS) is 12.2. The van der Waals surface area contributed by atoms with Crippen LogP contribution in [-0.2, 0) is 4.79 Å². The van der Waals surface area contributed by atoms with Crippen molar-refractivity contribution in [3.8, 4) is 11.5 Å². The number of carbonyl (C=O) groups excluding carboxylic acids is 1. The van der Waals surface area contributed by atoms with Crippen LogP contribution in [0.4, 0.5) is 5.69 Å². The van der Waals surface area contributed by atoms with Crippen molar-refractivity contribution < 1.29 is 14.3 Å². The molecule has 1 N–H and O–H groups in total. The van der Waals surface area contributed by atoms with Crippen molar-refractivity contribution in [2.24, 2.45) is 0 Å². The van der Waals surface area contributed by atoms with Gasteiger partial charge in [-0.05, 0) is 43.3 Å². The number of carbonyl (C=O) groups is 1. The van der Waals surface area contributed by atoms with Crippen LogP contribution in [0.3, 0.4) is 0 Å². The Morgan fingerprint density at radius 2 is 1.67 bits per heavy atom.